The fourth-order valence-electron chi connectivity index (χ4n) is 2.11. The van der Waals surface area contributed by atoms with Crippen molar-refractivity contribution in [2.24, 2.45) is 4.99 Å². The van der Waals surface area contributed by atoms with Crippen LogP contribution in [0.25, 0.3) is 0 Å². The maximum atomic E-state index is 4.40. The van der Waals surface area contributed by atoms with Gasteiger partial charge in [0.1, 0.15) is 10.8 Å². The Bertz CT molecular complexity index is 611. The summed E-state index contributed by atoms with van der Waals surface area (Å²) < 4.78 is 0. The van der Waals surface area contributed by atoms with Gasteiger partial charge >= 0.3 is 0 Å². The van der Waals surface area contributed by atoms with Gasteiger partial charge in [-0.1, -0.05) is 13.0 Å². The van der Waals surface area contributed by atoms with Crippen LogP contribution in [0, 0.1) is 0 Å². The number of anilines is 1. The number of aliphatic imine (C=N–C) groups is 1. The Hall–Kier alpha value is -2.15. The second-order valence-electron chi connectivity index (χ2n) is 5.28. The van der Waals surface area contributed by atoms with Gasteiger partial charge in [-0.05, 0) is 31.4 Å². The van der Waals surface area contributed by atoms with E-state index in [0.717, 1.165) is 49.1 Å². The largest absolute Gasteiger partial charge is 0.370 e. The van der Waals surface area contributed by atoms with Crippen molar-refractivity contribution in [3.05, 3.63) is 40.5 Å². The fourth-order valence-corrected chi connectivity index (χ4v) is 2.92. The van der Waals surface area contributed by atoms with E-state index < -0.39 is 0 Å². The molecule has 0 spiro atoms. The zero-order chi connectivity index (χ0) is 17.0. The molecule has 130 valence electrons. The summed E-state index contributed by atoms with van der Waals surface area (Å²) >= 11 is 1.75. The SMILES string of the molecule is CCc1cnc(CNC(=NC)NCCCCNc2ccccn2)s1. The maximum Gasteiger partial charge on any atom is 0.191 e. The fraction of sp³-hybridized carbons (Fsp3) is 0.471. The molecule has 0 bridgehead atoms. The Balaban J connectivity index is 1.56. The molecule has 2 rings (SSSR count). The number of rotatable bonds is 9. The lowest BCUT2D eigenvalue weighted by Crippen LogP contribution is -2.37. The van der Waals surface area contributed by atoms with Crippen molar-refractivity contribution in [3.8, 4) is 0 Å². The Morgan fingerprint density at radius 2 is 2.04 bits per heavy atom. The summed E-state index contributed by atoms with van der Waals surface area (Å²) in [5.41, 5.74) is 0. The van der Waals surface area contributed by atoms with Gasteiger partial charge in [-0.3, -0.25) is 4.99 Å². The minimum absolute atomic E-state index is 0.714. The van der Waals surface area contributed by atoms with Crippen LogP contribution in [0.15, 0.2) is 35.6 Å². The van der Waals surface area contributed by atoms with Crippen molar-refractivity contribution in [2.75, 3.05) is 25.5 Å². The van der Waals surface area contributed by atoms with Crippen LogP contribution in [0.3, 0.4) is 0 Å². The summed E-state index contributed by atoms with van der Waals surface area (Å²) in [5, 5.41) is 11.0. The van der Waals surface area contributed by atoms with E-state index in [4.69, 9.17) is 0 Å². The molecular formula is C17H26N6S. The highest BCUT2D eigenvalue weighted by Gasteiger charge is 2.02. The van der Waals surface area contributed by atoms with Gasteiger partial charge in [0.15, 0.2) is 5.96 Å². The zero-order valence-electron chi connectivity index (χ0n) is 14.4. The Kier molecular flexibility index (Phi) is 8.03. The molecule has 0 amide bonds. The molecule has 0 atom stereocenters. The lowest BCUT2D eigenvalue weighted by atomic mass is 10.3. The Labute approximate surface area is 147 Å². The molecule has 0 unspecified atom stereocenters. The number of unbranched alkanes of at least 4 members (excludes halogenated alkanes) is 1. The summed E-state index contributed by atoms with van der Waals surface area (Å²) in [6.45, 7) is 4.67. The molecule has 0 aliphatic heterocycles. The van der Waals surface area contributed by atoms with E-state index in [0.29, 0.717) is 6.54 Å². The molecule has 2 aromatic rings. The molecule has 0 saturated carbocycles. The summed E-state index contributed by atoms with van der Waals surface area (Å²) in [7, 11) is 1.79. The predicted octanol–water partition coefficient (Wildman–Crippen LogP) is 2.66. The van der Waals surface area contributed by atoms with Gasteiger partial charge in [0.05, 0.1) is 6.54 Å². The van der Waals surface area contributed by atoms with Crippen LogP contribution in [-0.4, -0.2) is 36.1 Å². The van der Waals surface area contributed by atoms with Crippen LogP contribution >= 0.6 is 11.3 Å². The second kappa shape index (κ2) is 10.6. The third-order valence-electron chi connectivity index (χ3n) is 3.45. The summed E-state index contributed by atoms with van der Waals surface area (Å²) in [5.74, 6) is 1.75. The second-order valence-corrected chi connectivity index (χ2v) is 6.48. The Morgan fingerprint density at radius 1 is 1.17 bits per heavy atom. The first kappa shape index (κ1) is 18.2. The third-order valence-corrected chi connectivity index (χ3v) is 4.59. The minimum Gasteiger partial charge on any atom is -0.370 e. The molecule has 0 aromatic carbocycles. The number of hydrogen-bond donors (Lipinski definition) is 3. The quantitative estimate of drug-likeness (QED) is 0.370. The number of thiazole rings is 1. The number of aryl methyl sites for hydroxylation is 1. The monoisotopic (exact) mass is 346 g/mol. The Morgan fingerprint density at radius 3 is 2.75 bits per heavy atom. The van der Waals surface area contributed by atoms with Crippen LogP contribution < -0.4 is 16.0 Å². The molecule has 3 N–H and O–H groups in total. The van der Waals surface area contributed by atoms with Crippen molar-refractivity contribution in [3.63, 3.8) is 0 Å². The van der Waals surface area contributed by atoms with Crippen molar-refractivity contribution in [1.82, 2.24) is 20.6 Å². The first-order chi connectivity index (χ1) is 11.8. The topological polar surface area (TPSA) is 74.2 Å². The van der Waals surface area contributed by atoms with E-state index >= 15 is 0 Å². The van der Waals surface area contributed by atoms with Crippen LogP contribution in [0.2, 0.25) is 0 Å². The minimum atomic E-state index is 0.714. The highest BCUT2D eigenvalue weighted by molar-refractivity contribution is 7.11. The van der Waals surface area contributed by atoms with Gasteiger partial charge in [0.2, 0.25) is 0 Å². The molecular weight excluding hydrogens is 320 g/mol. The average molecular weight is 347 g/mol. The van der Waals surface area contributed by atoms with E-state index in [2.05, 4.69) is 37.8 Å². The molecule has 2 aromatic heterocycles. The number of hydrogen-bond acceptors (Lipinski definition) is 5. The molecule has 0 fully saturated rings. The standard InChI is InChI=1S/C17H26N6S/c1-3-14-12-22-16(24-14)13-23-17(18-2)21-11-7-6-10-20-15-8-4-5-9-19-15/h4-5,8-9,12H,3,6-7,10-11,13H2,1-2H3,(H,19,20)(H2,18,21,23). The summed E-state index contributed by atoms with van der Waals surface area (Å²) in [6.07, 6.45) is 6.93. The zero-order valence-corrected chi connectivity index (χ0v) is 15.2. The lowest BCUT2D eigenvalue weighted by molar-refractivity contribution is 0.711. The van der Waals surface area contributed by atoms with Gasteiger partial charge < -0.3 is 16.0 Å². The van der Waals surface area contributed by atoms with Crippen LogP contribution in [0.1, 0.15) is 29.7 Å². The van der Waals surface area contributed by atoms with E-state index in [9.17, 15) is 0 Å². The average Bonchev–Trinajstić information content (AvgIpc) is 3.09. The van der Waals surface area contributed by atoms with Gasteiger partial charge in [0.25, 0.3) is 0 Å². The molecule has 0 aliphatic rings. The highest BCUT2D eigenvalue weighted by Crippen LogP contribution is 2.12. The number of aromatic nitrogens is 2. The van der Waals surface area contributed by atoms with Gasteiger partial charge in [0, 0.05) is 37.4 Å². The predicted molar refractivity (Wildman–Crippen MR) is 102 cm³/mol. The number of nitrogens with zero attached hydrogens (tertiary/aromatic N) is 3. The van der Waals surface area contributed by atoms with Gasteiger partial charge in [-0.15, -0.1) is 11.3 Å². The van der Waals surface area contributed by atoms with Crippen LogP contribution in [0.4, 0.5) is 5.82 Å². The first-order valence-corrected chi connectivity index (χ1v) is 9.16. The molecule has 0 radical (unpaired) electrons. The number of guanidine groups is 1. The molecule has 24 heavy (non-hydrogen) atoms. The van der Waals surface area contributed by atoms with Crippen molar-refractivity contribution < 1.29 is 0 Å². The number of nitrogens with one attached hydrogen (secondary N) is 3. The third kappa shape index (κ3) is 6.54. The molecule has 7 heteroatoms. The summed E-state index contributed by atoms with van der Waals surface area (Å²) in [6, 6.07) is 5.88. The van der Waals surface area contributed by atoms with Crippen LogP contribution in [0.5, 0.6) is 0 Å². The van der Waals surface area contributed by atoms with E-state index in [1.165, 1.54) is 4.88 Å². The van der Waals surface area contributed by atoms with E-state index in [-0.39, 0.29) is 0 Å². The molecule has 0 saturated heterocycles. The van der Waals surface area contributed by atoms with Crippen molar-refractivity contribution in [2.45, 2.75) is 32.7 Å². The van der Waals surface area contributed by atoms with Gasteiger partial charge in [-0.2, -0.15) is 0 Å². The normalized spacial score (nSPS) is 11.3. The van der Waals surface area contributed by atoms with E-state index in [1.54, 1.807) is 24.6 Å². The summed E-state index contributed by atoms with van der Waals surface area (Å²) in [4.78, 5) is 14.2. The maximum absolute atomic E-state index is 4.40. The molecule has 2 heterocycles. The molecule has 6 nitrogen and oxygen atoms in total. The van der Waals surface area contributed by atoms with Crippen molar-refractivity contribution in [1.29, 1.82) is 0 Å². The highest BCUT2D eigenvalue weighted by atomic mass is 32.1. The van der Waals surface area contributed by atoms with Gasteiger partial charge in [-0.25, -0.2) is 9.97 Å². The first-order valence-electron chi connectivity index (χ1n) is 8.34. The van der Waals surface area contributed by atoms with Crippen molar-refractivity contribution >= 4 is 23.1 Å². The molecule has 0 aliphatic carbocycles. The van der Waals surface area contributed by atoms with Crippen LogP contribution in [-0.2, 0) is 13.0 Å². The lowest BCUT2D eigenvalue weighted by Gasteiger charge is -2.11. The number of pyridine rings is 1. The smallest absolute Gasteiger partial charge is 0.191 e. The van der Waals surface area contributed by atoms with E-state index in [1.807, 2.05) is 24.4 Å².